The second-order valence-corrected chi connectivity index (χ2v) is 1.66. The monoisotopic (exact) mass is 95.0 g/mol. The summed E-state index contributed by atoms with van der Waals surface area (Å²) in [5, 5.41) is 0. The van der Waals surface area contributed by atoms with Crippen molar-refractivity contribution in [2.75, 3.05) is 5.88 Å². The maximum Gasteiger partial charge on any atom is 0.0495 e. The van der Waals surface area contributed by atoms with Gasteiger partial charge < -0.3 is 5.73 Å². The van der Waals surface area contributed by atoms with E-state index in [1.807, 2.05) is 0 Å². The molecule has 0 aliphatic rings. The Balaban J connectivity index is 1.97. The van der Waals surface area contributed by atoms with Crippen LogP contribution in [0.5, 0.6) is 0 Å². The smallest absolute Gasteiger partial charge is 0.0495 e. The average molecular weight is 95.2 g/mol. The van der Waals surface area contributed by atoms with Crippen LogP contribution < -0.4 is 5.73 Å². The van der Waals surface area contributed by atoms with Gasteiger partial charge in [-0.25, -0.2) is 0 Å². The maximum atomic E-state index is 4.91. The summed E-state index contributed by atoms with van der Waals surface area (Å²) in [6, 6.07) is 0. The van der Waals surface area contributed by atoms with Crippen LogP contribution in [0.4, 0.5) is 0 Å². The molecule has 0 aliphatic heterocycles. The van der Waals surface area contributed by atoms with Crippen molar-refractivity contribution in [3.63, 3.8) is 0 Å². The van der Waals surface area contributed by atoms with Gasteiger partial charge in [-0.3, -0.25) is 0 Å². The Morgan fingerprint density at radius 3 is 2.25 bits per heavy atom. The Morgan fingerprint density at radius 1 is 2.00 bits per heavy atom. The Kier molecular flexibility index (Phi) is 4.26. The van der Waals surface area contributed by atoms with E-state index in [1.165, 1.54) is 10.8 Å². The van der Waals surface area contributed by atoms with Gasteiger partial charge in [-0.15, -0.1) is 11.7 Å². The van der Waals surface area contributed by atoms with Crippen LogP contribution in [0.15, 0.2) is 0 Å². The lowest BCUT2D eigenvalue weighted by Gasteiger charge is -1.69. The first-order valence-electron chi connectivity index (χ1n) is 0.879. The topological polar surface area (TPSA) is 26.0 Å². The largest absolute Gasteiger partial charge is 0.321 e. The van der Waals surface area contributed by atoms with E-state index in [0.717, 1.165) is 0 Å². The van der Waals surface area contributed by atoms with E-state index in [4.69, 9.17) is 5.73 Å². The number of hydrogen-bond donors (Lipinski definition) is 2. The molecule has 0 fully saturated rings. The first-order valence-corrected chi connectivity index (χ1v) is 2.92. The van der Waals surface area contributed by atoms with Gasteiger partial charge in [-0.05, 0) is 0 Å². The fourth-order valence-corrected chi connectivity index (χ4v) is 0. The van der Waals surface area contributed by atoms with Crippen LogP contribution in [0.3, 0.4) is 0 Å². The molecule has 0 saturated carbocycles. The summed E-state index contributed by atoms with van der Waals surface area (Å²) in [4.78, 5) is 0. The van der Waals surface area contributed by atoms with Crippen molar-refractivity contribution < 1.29 is 0 Å². The molecule has 0 amide bonds. The molecule has 3 heteroatoms. The second kappa shape index (κ2) is 3.66. The van der Waals surface area contributed by atoms with Crippen molar-refractivity contribution in [1.82, 2.24) is 0 Å². The molecular formula is CH5NS2. The van der Waals surface area contributed by atoms with Crippen LogP contribution >= 0.6 is 22.5 Å². The summed E-state index contributed by atoms with van der Waals surface area (Å²) >= 11 is 3.71. The lowest BCUT2D eigenvalue weighted by Crippen LogP contribution is -1.86. The summed E-state index contributed by atoms with van der Waals surface area (Å²) in [7, 11) is 1.33. The highest BCUT2D eigenvalue weighted by atomic mass is 33.1. The molecule has 0 aliphatic carbocycles. The predicted octanol–water partition coefficient (Wildman–Crippen LogP) is 0.481. The zero-order chi connectivity index (χ0) is 3.41. The van der Waals surface area contributed by atoms with Crippen molar-refractivity contribution in [3.8, 4) is 0 Å². The number of hydrogen-bond acceptors (Lipinski definition) is 3. The van der Waals surface area contributed by atoms with E-state index in [0.29, 0.717) is 5.88 Å². The van der Waals surface area contributed by atoms with E-state index < -0.39 is 0 Å². The highest BCUT2D eigenvalue weighted by Gasteiger charge is 1.55. The first-order chi connectivity index (χ1) is 1.91. The summed E-state index contributed by atoms with van der Waals surface area (Å²) in [6.07, 6.45) is 0. The van der Waals surface area contributed by atoms with Crippen LogP contribution in [0.2, 0.25) is 0 Å². The van der Waals surface area contributed by atoms with Crippen molar-refractivity contribution >= 4 is 22.5 Å². The Labute approximate surface area is 34.8 Å². The summed E-state index contributed by atoms with van der Waals surface area (Å²) in [5.41, 5.74) is 4.91. The van der Waals surface area contributed by atoms with Gasteiger partial charge in [0, 0.05) is 5.88 Å². The van der Waals surface area contributed by atoms with Crippen LogP contribution in [-0.4, -0.2) is 5.88 Å². The van der Waals surface area contributed by atoms with Crippen molar-refractivity contribution in [3.05, 3.63) is 0 Å². The zero-order valence-electron chi connectivity index (χ0n) is 2.14. The highest BCUT2D eigenvalue weighted by molar-refractivity contribution is 8.68. The number of nitrogens with two attached hydrogens (primary N) is 1. The van der Waals surface area contributed by atoms with Gasteiger partial charge in [0.25, 0.3) is 0 Å². The summed E-state index contributed by atoms with van der Waals surface area (Å²) < 4.78 is 0. The molecule has 0 radical (unpaired) electrons. The normalized spacial score (nSPS) is 7.50. The fourth-order valence-electron chi connectivity index (χ4n) is 0. The zero-order valence-corrected chi connectivity index (χ0v) is 3.85. The van der Waals surface area contributed by atoms with Gasteiger partial charge >= 0.3 is 0 Å². The minimum Gasteiger partial charge on any atom is -0.321 e. The number of rotatable bonds is 1. The minimum absolute atomic E-state index is 0.600. The fraction of sp³-hybridized carbons (Fsp3) is 1.00. The van der Waals surface area contributed by atoms with Crippen LogP contribution in [-0.2, 0) is 0 Å². The Bertz CT molecular complexity index is 8.00. The molecule has 0 aromatic carbocycles. The van der Waals surface area contributed by atoms with Gasteiger partial charge in [0.2, 0.25) is 0 Å². The van der Waals surface area contributed by atoms with Crippen molar-refractivity contribution in [1.29, 1.82) is 0 Å². The van der Waals surface area contributed by atoms with E-state index >= 15 is 0 Å². The molecule has 2 N–H and O–H groups in total. The van der Waals surface area contributed by atoms with Crippen molar-refractivity contribution in [2.24, 2.45) is 5.73 Å². The molecule has 0 rings (SSSR count). The van der Waals surface area contributed by atoms with Gasteiger partial charge in [0.1, 0.15) is 0 Å². The van der Waals surface area contributed by atoms with Gasteiger partial charge in [-0.2, -0.15) is 0 Å². The minimum atomic E-state index is 0.600. The van der Waals surface area contributed by atoms with Gasteiger partial charge in [-0.1, -0.05) is 10.8 Å². The third kappa shape index (κ3) is 2.66. The van der Waals surface area contributed by atoms with Crippen LogP contribution in [0, 0.1) is 0 Å². The molecule has 0 bridgehead atoms. The molecule has 0 spiro atoms. The molecule has 4 heavy (non-hydrogen) atoms. The summed E-state index contributed by atoms with van der Waals surface area (Å²) in [5.74, 6) is 0.600. The lowest BCUT2D eigenvalue weighted by atomic mass is 11.6. The molecule has 0 saturated heterocycles. The molecule has 1 nitrogen and oxygen atoms in total. The average Bonchev–Trinajstić information content (AvgIpc) is 1.37. The standard InChI is InChI=1S/CH5NS2/c2-1-4-3/h3H,1-2H2. The molecule has 0 heterocycles. The summed E-state index contributed by atoms with van der Waals surface area (Å²) in [6.45, 7) is 0. The SMILES string of the molecule is NCSS. The molecule has 0 aromatic rings. The Morgan fingerprint density at radius 2 is 2.25 bits per heavy atom. The van der Waals surface area contributed by atoms with Gasteiger partial charge in [0.05, 0.1) is 0 Å². The van der Waals surface area contributed by atoms with Gasteiger partial charge in [0.15, 0.2) is 0 Å². The predicted molar refractivity (Wildman–Crippen MR) is 25.6 cm³/mol. The maximum absolute atomic E-state index is 4.91. The third-order valence-corrected chi connectivity index (χ3v) is 0.671. The molecule has 0 aromatic heterocycles. The van der Waals surface area contributed by atoms with E-state index in [-0.39, 0.29) is 0 Å². The van der Waals surface area contributed by atoms with Crippen LogP contribution in [0.1, 0.15) is 0 Å². The van der Waals surface area contributed by atoms with Crippen LogP contribution in [0.25, 0.3) is 0 Å². The molecule has 26 valence electrons. The first kappa shape index (κ1) is 4.66. The number of thiol groups is 1. The quantitative estimate of drug-likeness (QED) is 0.281. The molecule has 0 atom stereocenters. The van der Waals surface area contributed by atoms with Crippen molar-refractivity contribution in [2.45, 2.75) is 0 Å². The van der Waals surface area contributed by atoms with E-state index in [1.54, 1.807) is 0 Å². The third-order valence-electron chi connectivity index (χ3n) is 0.0745. The Hall–Kier alpha value is 0.660. The highest BCUT2D eigenvalue weighted by Crippen LogP contribution is 1.96. The second-order valence-electron chi connectivity index (χ2n) is 0.296. The van der Waals surface area contributed by atoms with E-state index in [9.17, 15) is 0 Å². The van der Waals surface area contributed by atoms with E-state index in [2.05, 4.69) is 11.7 Å². The molecule has 0 unspecified atom stereocenters. The lowest BCUT2D eigenvalue weighted by molar-refractivity contribution is 1.41. The molecular weight excluding hydrogens is 90.2 g/mol.